The molecule has 0 saturated heterocycles. The topological polar surface area (TPSA) is 155 Å². The lowest BCUT2D eigenvalue weighted by Gasteiger charge is -2.20. The Labute approximate surface area is 309 Å². The Morgan fingerprint density at radius 1 is 0.647 bits per heavy atom. The van der Waals surface area contributed by atoms with Crippen molar-refractivity contribution in [2.24, 2.45) is 5.73 Å². The zero-order chi connectivity index (χ0) is 37.7. The fraction of sp³-hybridized carbons (Fsp3) is 0.700. The first-order chi connectivity index (χ1) is 24.7. The second-order valence-electron chi connectivity index (χ2n) is 12.7. The van der Waals surface area contributed by atoms with E-state index in [1.54, 1.807) is 0 Å². The van der Waals surface area contributed by atoms with Crippen LogP contribution in [-0.2, 0) is 32.7 Å². The minimum Gasteiger partial charge on any atom is -0.480 e. The summed E-state index contributed by atoms with van der Waals surface area (Å²) < 4.78 is 33.1. The molecule has 51 heavy (non-hydrogen) atoms. The number of unbranched alkanes of at least 4 members (excludes halogenated alkanes) is 12. The Balaban J connectivity index is 4.41. The van der Waals surface area contributed by atoms with Gasteiger partial charge in [0.1, 0.15) is 12.1 Å². The van der Waals surface area contributed by atoms with Crippen LogP contribution in [0.5, 0.6) is 0 Å². The number of aliphatic carboxylic acids is 1. The van der Waals surface area contributed by atoms with Gasteiger partial charge in [0, 0.05) is 13.0 Å². The molecule has 0 aliphatic heterocycles. The molecular formula is C40H70NO9P. The molecule has 0 saturated carbocycles. The number of hydrogen-bond acceptors (Lipinski definition) is 8. The highest BCUT2D eigenvalue weighted by molar-refractivity contribution is 7.47. The number of carbonyl (C=O) groups is 2. The monoisotopic (exact) mass is 739 g/mol. The maximum Gasteiger partial charge on any atom is 0.472 e. The number of nitrogens with two attached hydrogens (primary N) is 1. The zero-order valence-corrected chi connectivity index (χ0v) is 32.6. The molecule has 4 N–H and O–H groups in total. The average Bonchev–Trinajstić information content (AvgIpc) is 3.10. The Bertz CT molecular complexity index is 1040. The molecule has 0 heterocycles. The molecule has 0 aromatic heterocycles. The van der Waals surface area contributed by atoms with Gasteiger partial charge < -0.3 is 25.2 Å². The quantitative estimate of drug-likeness (QED) is 0.0245. The summed E-state index contributed by atoms with van der Waals surface area (Å²) in [5.74, 6) is -1.87. The van der Waals surface area contributed by atoms with Crippen molar-refractivity contribution >= 4 is 19.8 Å². The molecule has 3 atom stereocenters. The molecule has 3 unspecified atom stereocenters. The van der Waals surface area contributed by atoms with Gasteiger partial charge in [-0.15, -0.1) is 0 Å². The molecule has 0 amide bonds. The fourth-order valence-corrected chi connectivity index (χ4v) is 5.56. The largest absolute Gasteiger partial charge is 0.480 e. The van der Waals surface area contributed by atoms with Gasteiger partial charge in [-0.25, -0.2) is 4.57 Å². The van der Waals surface area contributed by atoms with Gasteiger partial charge in [-0.3, -0.25) is 18.6 Å². The number of carboxylic acid groups (broad SMARTS) is 1. The van der Waals surface area contributed by atoms with Crippen LogP contribution in [0.25, 0.3) is 0 Å². The van der Waals surface area contributed by atoms with Crippen LogP contribution < -0.4 is 5.73 Å². The van der Waals surface area contributed by atoms with E-state index in [1.165, 1.54) is 64.2 Å². The normalized spacial score (nSPS) is 14.7. The number of rotatable bonds is 36. The Kier molecular flexibility index (Phi) is 34.4. The minimum atomic E-state index is -4.63. The van der Waals surface area contributed by atoms with Gasteiger partial charge in [0.05, 0.1) is 19.8 Å². The number of esters is 1. The van der Waals surface area contributed by atoms with Crippen molar-refractivity contribution in [2.75, 3.05) is 26.4 Å². The van der Waals surface area contributed by atoms with Crippen LogP contribution >= 0.6 is 7.82 Å². The highest BCUT2D eigenvalue weighted by Crippen LogP contribution is 2.43. The van der Waals surface area contributed by atoms with Crippen molar-refractivity contribution in [3.8, 4) is 0 Å². The van der Waals surface area contributed by atoms with E-state index in [0.717, 1.165) is 51.4 Å². The number of phosphoric acid groups is 1. The molecular weight excluding hydrogens is 669 g/mol. The van der Waals surface area contributed by atoms with Crippen molar-refractivity contribution in [1.29, 1.82) is 0 Å². The van der Waals surface area contributed by atoms with Crippen molar-refractivity contribution in [3.05, 3.63) is 60.8 Å². The van der Waals surface area contributed by atoms with Crippen LogP contribution in [0.1, 0.15) is 142 Å². The van der Waals surface area contributed by atoms with Gasteiger partial charge in [-0.05, 0) is 64.2 Å². The van der Waals surface area contributed by atoms with Crippen LogP contribution in [0.15, 0.2) is 60.8 Å². The average molecular weight is 740 g/mol. The maximum atomic E-state index is 12.5. The van der Waals surface area contributed by atoms with E-state index < -0.39 is 45.1 Å². The number of allylic oxidation sites excluding steroid dienone is 10. The van der Waals surface area contributed by atoms with E-state index >= 15 is 0 Å². The summed E-state index contributed by atoms with van der Waals surface area (Å²) in [6.45, 7) is 3.63. The van der Waals surface area contributed by atoms with Gasteiger partial charge in [0.25, 0.3) is 0 Å². The van der Waals surface area contributed by atoms with Gasteiger partial charge in [-0.1, -0.05) is 132 Å². The zero-order valence-electron chi connectivity index (χ0n) is 31.7. The standard InChI is InChI=1S/C40H70NO9P/c1-3-5-7-9-11-13-15-17-18-19-21-23-25-27-29-31-33-47-34-37(35-48-51(45,46)49-36-38(41)40(43)44)50-39(42)32-30-28-26-24-22-20-16-14-12-10-8-6-4-2/h6,8,12,14,17-18,20,22,26,28,37-38H,3-5,7,9-11,13,15-16,19,21,23-25,27,29-36,41H2,1-2H3,(H,43,44)(H,45,46)/b8-6-,14-12-,18-17-,22-20-,28-26-. The van der Waals surface area contributed by atoms with Gasteiger partial charge in [0.15, 0.2) is 0 Å². The second-order valence-corrected chi connectivity index (χ2v) is 14.1. The van der Waals surface area contributed by atoms with Crippen molar-refractivity contribution in [1.82, 2.24) is 0 Å². The number of hydrogen-bond donors (Lipinski definition) is 3. The van der Waals surface area contributed by atoms with Crippen molar-refractivity contribution in [2.45, 2.75) is 154 Å². The third-order valence-electron chi connectivity index (χ3n) is 7.79. The first-order valence-corrected chi connectivity index (χ1v) is 20.8. The lowest BCUT2D eigenvalue weighted by Crippen LogP contribution is -2.34. The molecule has 294 valence electrons. The molecule has 0 aromatic rings. The number of phosphoric ester groups is 1. The fourth-order valence-electron chi connectivity index (χ4n) is 4.79. The maximum absolute atomic E-state index is 12.5. The number of ether oxygens (including phenoxy) is 2. The van der Waals surface area contributed by atoms with E-state index in [9.17, 15) is 19.0 Å². The van der Waals surface area contributed by atoms with E-state index in [1.807, 2.05) is 12.2 Å². The van der Waals surface area contributed by atoms with Gasteiger partial charge >= 0.3 is 19.8 Å². The molecule has 11 heteroatoms. The molecule has 10 nitrogen and oxygen atoms in total. The predicted octanol–water partition coefficient (Wildman–Crippen LogP) is 10.1. The molecule has 0 spiro atoms. The highest BCUT2D eigenvalue weighted by atomic mass is 31.2. The summed E-state index contributed by atoms with van der Waals surface area (Å²) in [5.41, 5.74) is 5.33. The Morgan fingerprint density at radius 3 is 1.71 bits per heavy atom. The summed E-state index contributed by atoms with van der Waals surface area (Å²) in [6, 6.07) is -1.49. The molecule has 0 fully saturated rings. The molecule has 0 rings (SSSR count). The SMILES string of the molecule is CC/C=C\C/C=C\C/C=C\C/C=C\CCC(=O)OC(COCCCCCCCC/C=C\CCCCCCCC)COP(=O)(O)OCC(N)C(=O)O. The summed E-state index contributed by atoms with van der Waals surface area (Å²) >= 11 is 0. The van der Waals surface area contributed by atoms with Crippen LogP contribution in [0, 0.1) is 0 Å². The molecule has 0 aliphatic rings. The Hall–Kier alpha value is -2.33. The van der Waals surface area contributed by atoms with Crippen molar-refractivity contribution < 1.29 is 42.7 Å². The van der Waals surface area contributed by atoms with Crippen LogP contribution in [-0.4, -0.2) is 60.5 Å². The lowest BCUT2D eigenvalue weighted by molar-refractivity contribution is -0.154. The number of carbonyl (C=O) groups excluding carboxylic acids is 1. The molecule has 0 aromatic carbocycles. The van der Waals surface area contributed by atoms with Crippen molar-refractivity contribution in [3.63, 3.8) is 0 Å². The smallest absolute Gasteiger partial charge is 0.472 e. The Morgan fingerprint density at radius 2 is 1.14 bits per heavy atom. The van der Waals surface area contributed by atoms with E-state index in [0.29, 0.717) is 13.0 Å². The predicted molar refractivity (Wildman–Crippen MR) is 207 cm³/mol. The summed E-state index contributed by atoms with van der Waals surface area (Å²) in [5, 5.41) is 8.86. The van der Waals surface area contributed by atoms with Crippen LogP contribution in [0.3, 0.4) is 0 Å². The molecule has 0 aliphatic carbocycles. The third kappa shape index (κ3) is 35.8. The molecule has 0 bridgehead atoms. The second kappa shape index (κ2) is 36.0. The van der Waals surface area contributed by atoms with Crippen LogP contribution in [0.2, 0.25) is 0 Å². The summed E-state index contributed by atoms with van der Waals surface area (Å²) in [4.78, 5) is 33.3. The first kappa shape index (κ1) is 48.7. The first-order valence-electron chi connectivity index (χ1n) is 19.3. The van der Waals surface area contributed by atoms with Gasteiger partial charge in [0.2, 0.25) is 0 Å². The summed E-state index contributed by atoms with van der Waals surface area (Å²) in [7, 11) is -4.63. The lowest BCUT2D eigenvalue weighted by atomic mass is 10.1. The van der Waals surface area contributed by atoms with Gasteiger partial charge in [-0.2, -0.15) is 0 Å². The molecule has 0 radical (unpaired) electrons. The van der Waals surface area contributed by atoms with E-state index in [4.69, 9.17) is 24.8 Å². The minimum absolute atomic E-state index is 0.0184. The summed E-state index contributed by atoms with van der Waals surface area (Å²) in [6.07, 6.45) is 41.5. The number of carboxylic acids is 1. The van der Waals surface area contributed by atoms with E-state index in [-0.39, 0.29) is 13.0 Å². The highest BCUT2D eigenvalue weighted by Gasteiger charge is 2.27. The van der Waals surface area contributed by atoms with Crippen LogP contribution in [0.4, 0.5) is 0 Å². The van der Waals surface area contributed by atoms with E-state index in [2.05, 4.69) is 67.0 Å². The third-order valence-corrected chi connectivity index (χ3v) is 8.75.